The highest BCUT2D eigenvalue weighted by molar-refractivity contribution is 8.00. The van der Waals surface area contributed by atoms with Crippen LogP contribution in [-0.4, -0.2) is 56.3 Å². The molecule has 1 heterocycles. The summed E-state index contributed by atoms with van der Waals surface area (Å²) >= 11 is -0.203. The molecule has 6 nitrogen and oxygen atoms in total. The third kappa shape index (κ3) is 5.64. The number of hydrogen-bond donors (Lipinski definition) is 2. The number of nitrogens with one attached hydrogen (secondary N) is 2. The van der Waals surface area contributed by atoms with Gasteiger partial charge < -0.3 is 25.0 Å². The number of likely N-dealkylation sites (N-methyl/N-ethyl adjacent to an activating group) is 1. The van der Waals surface area contributed by atoms with Crippen LogP contribution in [0.1, 0.15) is 31.2 Å². The summed E-state index contributed by atoms with van der Waals surface area (Å²) in [6.45, 7) is 0.960. The maximum absolute atomic E-state index is 12.7. The first-order chi connectivity index (χ1) is 16.6. The average Bonchev–Trinajstić information content (AvgIpc) is 3.14. The minimum absolute atomic E-state index is 0.0280. The lowest BCUT2D eigenvalue weighted by Gasteiger charge is -2.45. The van der Waals surface area contributed by atoms with Gasteiger partial charge in [-0.05, 0) is 86.9 Å². The number of anilines is 1. The van der Waals surface area contributed by atoms with Crippen LogP contribution in [0.3, 0.4) is 0 Å². The maximum atomic E-state index is 12.7. The molecule has 2 aromatic rings. The number of nitrogens with zero attached hydrogens (tertiary/aromatic N) is 1. The fourth-order valence-corrected chi connectivity index (χ4v) is 6.12. The summed E-state index contributed by atoms with van der Waals surface area (Å²) in [5.74, 6) is 1.40. The summed E-state index contributed by atoms with van der Waals surface area (Å²) in [5, 5.41) is 5.71. The number of urea groups is 1. The summed E-state index contributed by atoms with van der Waals surface area (Å²) in [6, 6.07) is 11.7. The molecule has 2 amide bonds. The van der Waals surface area contributed by atoms with Gasteiger partial charge in [0.15, 0.2) is 11.5 Å². The van der Waals surface area contributed by atoms with Crippen molar-refractivity contribution in [3.63, 3.8) is 0 Å². The molecule has 2 aromatic carbocycles. The number of methoxy groups -OCH3 is 2. The molecule has 35 heavy (non-hydrogen) atoms. The molecule has 2 fully saturated rings. The highest BCUT2D eigenvalue weighted by Crippen LogP contribution is 2.50. The zero-order valence-corrected chi connectivity index (χ0v) is 20.8. The van der Waals surface area contributed by atoms with Gasteiger partial charge in [-0.25, -0.2) is 4.79 Å². The Morgan fingerprint density at radius 1 is 1.11 bits per heavy atom. The van der Waals surface area contributed by atoms with E-state index in [4.69, 9.17) is 9.47 Å². The Morgan fingerprint density at radius 3 is 2.60 bits per heavy atom. The fraction of sp³-hybridized carbons (Fsp3) is 0.480. The van der Waals surface area contributed by atoms with Crippen molar-refractivity contribution in [3.8, 4) is 11.5 Å². The van der Waals surface area contributed by atoms with Gasteiger partial charge in [-0.2, -0.15) is 13.2 Å². The van der Waals surface area contributed by atoms with E-state index in [0.29, 0.717) is 17.2 Å². The van der Waals surface area contributed by atoms with E-state index in [9.17, 15) is 18.0 Å². The number of amides is 2. The molecule has 0 bridgehead atoms. The van der Waals surface area contributed by atoms with E-state index in [-0.39, 0.29) is 34.2 Å². The SMILES string of the molecule is COc1ccc(C23CCC(NC(=O)Nc4cccc(SC(F)(F)F)c4)CC2N(C)CC3)cc1OC. The number of carbonyl (C=O) groups is 1. The van der Waals surface area contributed by atoms with E-state index < -0.39 is 11.5 Å². The minimum atomic E-state index is -4.38. The van der Waals surface area contributed by atoms with Crippen molar-refractivity contribution in [3.05, 3.63) is 48.0 Å². The Kier molecular flexibility index (Phi) is 7.42. The van der Waals surface area contributed by atoms with E-state index in [1.807, 2.05) is 6.07 Å². The number of rotatable bonds is 6. The first kappa shape index (κ1) is 25.5. The number of benzene rings is 2. The smallest absolute Gasteiger partial charge is 0.446 e. The molecule has 1 saturated heterocycles. The van der Waals surface area contributed by atoms with Gasteiger partial charge in [0, 0.05) is 28.1 Å². The van der Waals surface area contributed by atoms with Gasteiger partial charge in [-0.15, -0.1) is 0 Å². The Balaban J connectivity index is 1.43. The third-order valence-electron chi connectivity index (χ3n) is 7.15. The second kappa shape index (κ2) is 10.2. The van der Waals surface area contributed by atoms with Crippen molar-refractivity contribution in [2.24, 2.45) is 0 Å². The molecule has 3 atom stereocenters. The monoisotopic (exact) mass is 509 g/mol. The lowest BCUT2D eigenvalue weighted by molar-refractivity contribution is -0.0328. The standard InChI is InChI=1S/C25H30F3N3O3S/c1-31-12-11-24(16-7-8-20(33-2)21(13-16)34-3)10-9-18(15-22(24)31)30-23(32)29-17-5-4-6-19(14-17)35-25(26,27)28/h4-8,13-14,18,22H,9-12,15H2,1-3H3,(H2,29,30,32). The van der Waals surface area contributed by atoms with Crippen LogP contribution in [0.4, 0.5) is 23.7 Å². The molecule has 1 aliphatic heterocycles. The summed E-state index contributed by atoms with van der Waals surface area (Å²) in [4.78, 5) is 15.0. The van der Waals surface area contributed by atoms with Gasteiger partial charge in [0.2, 0.25) is 0 Å². The Hall–Kier alpha value is -2.59. The largest absolute Gasteiger partial charge is 0.493 e. The lowest BCUT2D eigenvalue weighted by Crippen LogP contribution is -2.52. The van der Waals surface area contributed by atoms with Crippen molar-refractivity contribution in [1.82, 2.24) is 10.2 Å². The normalized spacial score (nSPS) is 24.5. The van der Waals surface area contributed by atoms with Crippen LogP contribution in [-0.2, 0) is 5.41 Å². The van der Waals surface area contributed by atoms with Gasteiger partial charge in [-0.1, -0.05) is 12.1 Å². The third-order valence-corrected chi connectivity index (χ3v) is 7.87. The Bertz CT molecular complexity index is 1070. The van der Waals surface area contributed by atoms with Gasteiger partial charge >= 0.3 is 11.5 Å². The quantitative estimate of drug-likeness (QED) is 0.494. The van der Waals surface area contributed by atoms with Gasteiger partial charge in [0.1, 0.15) is 0 Å². The van der Waals surface area contributed by atoms with Crippen LogP contribution < -0.4 is 20.1 Å². The topological polar surface area (TPSA) is 62.8 Å². The average molecular weight is 510 g/mol. The van der Waals surface area contributed by atoms with Crippen molar-refractivity contribution < 1.29 is 27.4 Å². The van der Waals surface area contributed by atoms with Crippen molar-refractivity contribution in [1.29, 1.82) is 0 Å². The first-order valence-electron chi connectivity index (χ1n) is 11.5. The summed E-state index contributed by atoms with van der Waals surface area (Å²) in [5.41, 5.74) is -2.88. The number of fused-ring (bicyclic) bond motifs is 1. The molecule has 4 rings (SSSR count). The second-order valence-electron chi connectivity index (χ2n) is 9.12. The molecular formula is C25H30F3N3O3S. The zero-order valence-electron chi connectivity index (χ0n) is 19.9. The fourth-order valence-electron chi connectivity index (χ4n) is 5.52. The summed E-state index contributed by atoms with van der Waals surface area (Å²) in [7, 11) is 5.36. The molecule has 2 aliphatic rings. The number of hydrogen-bond acceptors (Lipinski definition) is 5. The number of carbonyl (C=O) groups excluding carboxylic acids is 1. The van der Waals surface area contributed by atoms with Gasteiger partial charge in [0.25, 0.3) is 0 Å². The molecule has 10 heteroatoms. The van der Waals surface area contributed by atoms with Crippen molar-refractivity contribution in [2.45, 2.75) is 53.6 Å². The first-order valence-corrected chi connectivity index (χ1v) is 12.3. The highest BCUT2D eigenvalue weighted by atomic mass is 32.2. The molecule has 0 spiro atoms. The van der Waals surface area contributed by atoms with Crippen LogP contribution in [0, 0.1) is 0 Å². The van der Waals surface area contributed by atoms with Crippen LogP contribution in [0.5, 0.6) is 11.5 Å². The van der Waals surface area contributed by atoms with E-state index in [1.165, 1.54) is 23.8 Å². The number of likely N-dealkylation sites (tertiary alicyclic amines) is 1. The molecule has 2 N–H and O–H groups in total. The maximum Gasteiger partial charge on any atom is 0.446 e. The van der Waals surface area contributed by atoms with Crippen LogP contribution in [0.15, 0.2) is 47.4 Å². The molecule has 1 aliphatic carbocycles. The number of alkyl halides is 3. The molecular weight excluding hydrogens is 479 g/mol. The van der Waals surface area contributed by atoms with Gasteiger partial charge in [-0.3, -0.25) is 0 Å². The predicted octanol–water partition coefficient (Wildman–Crippen LogP) is 5.63. The Morgan fingerprint density at radius 2 is 1.89 bits per heavy atom. The number of halogens is 3. The zero-order chi connectivity index (χ0) is 25.2. The van der Waals surface area contributed by atoms with Gasteiger partial charge in [0.05, 0.1) is 14.2 Å². The highest BCUT2D eigenvalue weighted by Gasteiger charge is 2.50. The predicted molar refractivity (Wildman–Crippen MR) is 130 cm³/mol. The Labute approximate surface area is 207 Å². The van der Waals surface area contributed by atoms with E-state index in [0.717, 1.165) is 32.2 Å². The summed E-state index contributed by atoms with van der Waals surface area (Å²) < 4.78 is 48.9. The van der Waals surface area contributed by atoms with Crippen LogP contribution in [0.2, 0.25) is 0 Å². The number of thioether (sulfide) groups is 1. The number of ether oxygens (including phenoxy) is 2. The molecule has 190 valence electrons. The molecule has 3 unspecified atom stereocenters. The molecule has 1 saturated carbocycles. The lowest BCUT2D eigenvalue weighted by atomic mass is 9.65. The van der Waals surface area contributed by atoms with Crippen molar-refractivity contribution >= 4 is 23.5 Å². The molecule has 0 radical (unpaired) electrons. The van der Waals surface area contributed by atoms with E-state index in [2.05, 4.69) is 34.7 Å². The van der Waals surface area contributed by atoms with Crippen molar-refractivity contribution in [2.75, 3.05) is 33.1 Å². The van der Waals surface area contributed by atoms with E-state index in [1.54, 1.807) is 20.3 Å². The summed E-state index contributed by atoms with van der Waals surface area (Å²) in [6.07, 6.45) is 3.50. The second-order valence-corrected chi connectivity index (χ2v) is 10.3. The van der Waals surface area contributed by atoms with E-state index >= 15 is 0 Å². The molecule has 0 aromatic heterocycles. The van der Waals surface area contributed by atoms with Crippen LogP contribution in [0.25, 0.3) is 0 Å². The minimum Gasteiger partial charge on any atom is -0.493 e. The van der Waals surface area contributed by atoms with Crippen LogP contribution >= 0.6 is 11.8 Å².